The molecule has 0 aromatic carbocycles. The van der Waals surface area contributed by atoms with Crippen molar-refractivity contribution in [1.29, 1.82) is 0 Å². The first-order valence-electron chi connectivity index (χ1n) is 3.78. The van der Waals surface area contributed by atoms with Gasteiger partial charge in [0.05, 0.1) is 5.70 Å². The molecule has 0 heterocycles. The standard InChI is InChI=1S/C8H9F4N/c1-13(12)7-4-2-3-6(5-7)8(9,10)11/h4-5H,2-3H2,1H3. The molecule has 1 aliphatic carbocycles. The number of alkyl halides is 3. The van der Waals surface area contributed by atoms with Crippen LogP contribution in [0.25, 0.3) is 0 Å². The second-order valence-corrected chi connectivity index (χ2v) is 2.81. The lowest BCUT2D eigenvalue weighted by Crippen LogP contribution is -2.16. The quantitative estimate of drug-likeness (QED) is 0.459. The van der Waals surface area contributed by atoms with Gasteiger partial charge in [-0.25, -0.2) is 5.12 Å². The molecule has 0 aliphatic heterocycles. The van der Waals surface area contributed by atoms with Crippen LogP contribution in [0, 0.1) is 0 Å². The first kappa shape index (κ1) is 10.1. The van der Waals surface area contributed by atoms with Crippen LogP contribution < -0.4 is 0 Å². The summed E-state index contributed by atoms with van der Waals surface area (Å²) >= 11 is 0. The summed E-state index contributed by atoms with van der Waals surface area (Å²) in [6.45, 7) is 0. The number of hydrogen-bond acceptors (Lipinski definition) is 1. The molecule has 0 radical (unpaired) electrons. The molecule has 0 unspecified atom stereocenters. The minimum absolute atomic E-state index is 0.0291. The lowest BCUT2D eigenvalue weighted by Gasteiger charge is -2.18. The van der Waals surface area contributed by atoms with E-state index in [0.29, 0.717) is 0 Å². The zero-order chi connectivity index (χ0) is 10.1. The van der Waals surface area contributed by atoms with Gasteiger partial charge in [-0.2, -0.15) is 13.2 Å². The van der Waals surface area contributed by atoms with Gasteiger partial charge >= 0.3 is 6.18 Å². The minimum atomic E-state index is -4.34. The average Bonchev–Trinajstić information content (AvgIpc) is 2.03. The molecule has 1 rings (SSSR count). The van der Waals surface area contributed by atoms with E-state index in [2.05, 4.69) is 0 Å². The summed E-state index contributed by atoms with van der Waals surface area (Å²) in [6, 6.07) is 0. The molecule has 5 heteroatoms. The molecule has 74 valence electrons. The van der Waals surface area contributed by atoms with Crippen LogP contribution in [0.4, 0.5) is 17.7 Å². The van der Waals surface area contributed by atoms with E-state index in [9.17, 15) is 17.7 Å². The van der Waals surface area contributed by atoms with E-state index in [4.69, 9.17) is 0 Å². The maximum absolute atomic E-state index is 12.5. The zero-order valence-electron chi connectivity index (χ0n) is 7.03. The Kier molecular flexibility index (Phi) is 2.63. The summed E-state index contributed by atoms with van der Waals surface area (Å²) < 4.78 is 48.9. The van der Waals surface area contributed by atoms with Crippen molar-refractivity contribution >= 4 is 0 Å². The summed E-state index contributed by atoms with van der Waals surface area (Å²) in [4.78, 5) is 0. The fourth-order valence-corrected chi connectivity index (χ4v) is 1.12. The topological polar surface area (TPSA) is 3.24 Å². The van der Waals surface area contributed by atoms with Crippen LogP contribution in [-0.2, 0) is 0 Å². The minimum Gasteiger partial charge on any atom is -0.215 e. The van der Waals surface area contributed by atoms with Crippen LogP contribution >= 0.6 is 0 Å². The number of halogens is 4. The highest BCUT2D eigenvalue weighted by Crippen LogP contribution is 2.33. The Hall–Kier alpha value is -1.00. The predicted molar refractivity (Wildman–Crippen MR) is 40.3 cm³/mol. The summed E-state index contributed by atoms with van der Waals surface area (Å²) in [5.41, 5.74) is -0.701. The van der Waals surface area contributed by atoms with Gasteiger partial charge in [0.15, 0.2) is 0 Å². The Bertz CT molecular complexity index is 249. The summed E-state index contributed by atoms with van der Waals surface area (Å²) in [5, 5.41) is 0.185. The van der Waals surface area contributed by atoms with Crippen LogP contribution in [0.15, 0.2) is 23.4 Å². The van der Waals surface area contributed by atoms with Crippen molar-refractivity contribution in [2.45, 2.75) is 19.0 Å². The van der Waals surface area contributed by atoms with Crippen LogP contribution in [0.5, 0.6) is 0 Å². The van der Waals surface area contributed by atoms with Crippen molar-refractivity contribution in [3.8, 4) is 0 Å². The molecule has 0 bridgehead atoms. The van der Waals surface area contributed by atoms with E-state index in [1.807, 2.05) is 0 Å². The van der Waals surface area contributed by atoms with E-state index in [1.54, 1.807) is 0 Å². The van der Waals surface area contributed by atoms with E-state index in [-0.39, 0.29) is 23.7 Å². The smallest absolute Gasteiger partial charge is 0.215 e. The molecule has 0 aromatic heterocycles. The van der Waals surface area contributed by atoms with Crippen molar-refractivity contribution in [1.82, 2.24) is 5.12 Å². The number of likely N-dealkylation sites (N-methyl/N-ethyl adjacent to an activating group) is 1. The van der Waals surface area contributed by atoms with Crippen molar-refractivity contribution in [3.05, 3.63) is 23.4 Å². The van der Waals surface area contributed by atoms with Crippen LogP contribution in [0.3, 0.4) is 0 Å². The molecule has 0 spiro atoms. The molecule has 13 heavy (non-hydrogen) atoms. The van der Waals surface area contributed by atoms with Gasteiger partial charge < -0.3 is 0 Å². The summed E-state index contributed by atoms with van der Waals surface area (Å²) in [6.07, 6.45) is -1.90. The molecule has 1 nitrogen and oxygen atoms in total. The second kappa shape index (κ2) is 3.40. The molecule has 0 amide bonds. The monoisotopic (exact) mass is 195 g/mol. The molecular formula is C8H9F4N. The van der Waals surface area contributed by atoms with Gasteiger partial charge in [-0.1, -0.05) is 6.08 Å². The highest BCUT2D eigenvalue weighted by Gasteiger charge is 2.34. The van der Waals surface area contributed by atoms with Crippen LogP contribution in [-0.4, -0.2) is 18.3 Å². The molecule has 0 fully saturated rings. The predicted octanol–water partition coefficient (Wildman–Crippen LogP) is 2.97. The maximum atomic E-state index is 12.5. The highest BCUT2D eigenvalue weighted by molar-refractivity contribution is 5.28. The van der Waals surface area contributed by atoms with Gasteiger partial charge in [0.1, 0.15) is 0 Å². The average molecular weight is 195 g/mol. The second-order valence-electron chi connectivity index (χ2n) is 2.81. The lowest BCUT2D eigenvalue weighted by atomic mass is 10.0. The fourth-order valence-electron chi connectivity index (χ4n) is 1.12. The van der Waals surface area contributed by atoms with Gasteiger partial charge in [0.25, 0.3) is 0 Å². The number of allylic oxidation sites excluding steroid dienone is 3. The third-order valence-electron chi connectivity index (χ3n) is 1.81. The third kappa shape index (κ3) is 2.47. The van der Waals surface area contributed by atoms with E-state index in [0.717, 1.165) is 13.1 Å². The highest BCUT2D eigenvalue weighted by atomic mass is 19.4. The maximum Gasteiger partial charge on any atom is 0.412 e. The zero-order valence-corrected chi connectivity index (χ0v) is 7.03. The first-order valence-corrected chi connectivity index (χ1v) is 3.78. The first-order chi connectivity index (χ1) is 5.91. The van der Waals surface area contributed by atoms with Crippen LogP contribution in [0.2, 0.25) is 0 Å². The fraction of sp³-hybridized carbons (Fsp3) is 0.500. The van der Waals surface area contributed by atoms with E-state index >= 15 is 0 Å². The summed E-state index contributed by atoms with van der Waals surface area (Å²) in [7, 11) is 1.07. The molecule has 1 aliphatic rings. The van der Waals surface area contributed by atoms with Gasteiger partial charge in [-0.15, -0.1) is 4.48 Å². The Balaban J connectivity index is 2.85. The Labute approximate surface area is 73.3 Å². The van der Waals surface area contributed by atoms with Crippen molar-refractivity contribution in [3.63, 3.8) is 0 Å². The van der Waals surface area contributed by atoms with Gasteiger partial charge in [-0.05, 0) is 18.9 Å². The normalized spacial score (nSPS) is 17.9. The van der Waals surface area contributed by atoms with Crippen LogP contribution in [0.1, 0.15) is 12.8 Å². The molecule has 0 aromatic rings. The number of nitrogens with zero attached hydrogens (tertiary/aromatic N) is 1. The number of rotatable bonds is 1. The molecule has 0 atom stereocenters. The Morgan fingerprint density at radius 2 is 2.00 bits per heavy atom. The van der Waals surface area contributed by atoms with Gasteiger partial charge in [0.2, 0.25) is 0 Å². The number of hydrogen-bond donors (Lipinski definition) is 0. The Morgan fingerprint density at radius 3 is 2.46 bits per heavy atom. The molecule has 0 saturated carbocycles. The third-order valence-corrected chi connectivity index (χ3v) is 1.81. The lowest BCUT2D eigenvalue weighted by molar-refractivity contribution is -0.0944. The molecule has 0 N–H and O–H groups in total. The molecular weight excluding hydrogens is 186 g/mol. The van der Waals surface area contributed by atoms with Gasteiger partial charge in [-0.3, -0.25) is 0 Å². The van der Waals surface area contributed by atoms with Crippen molar-refractivity contribution < 1.29 is 17.7 Å². The SMILES string of the molecule is CN(F)C1=CCCC(C(F)(F)F)=C1. The van der Waals surface area contributed by atoms with Gasteiger partial charge in [0, 0.05) is 12.6 Å². The van der Waals surface area contributed by atoms with E-state index in [1.165, 1.54) is 6.08 Å². The van der Waals surface area contributed by atoms with Crippen molar-refractivity contribution in [2.24, 2.45) is 0 Å². The largest absolute Gasteiger partial charge is 0.412 e. The van der Waals surface area contributed by atoms with E-state index < -0.39 is 11.7 Å². The summed E-state index contributed by atoms with van der Waals surface area (Å²) in [5.74, 6) is 0. The van der Waals surface area contributed by atoms with Crippen molar-refractivity contribution in [2.75, 3.05) is 7.05 Å². The Morgan fingerprint density at radius 1 is 1.38 bits per heavy atom. The molecule has 0 saturated heterocycles.